The highest BCUT2D eigenvalue weighted by atomic mass is 32.2. The fraction of sp³-hybridized carbons (Fsp3) is 0.750. The zero-order chi connectivity index (χ0) is 12.8. The van der Waals surface area contributed by atoms with Crippen molar-refractivity contribution in [3.05, 3.63) is 18.0 Å². The van der Waals surface area contributed by atoms with Gasteiger partial charge in [0.25, 0.3) is 0 Å². The molecular formula is C12H24N4S. The Balaban J connectivity index is 2.71. The Morgan fingerprint density at radius 3 is 2.71 bits per heavy atom. The summed E-state index contributed by atoms with van der Waals surface area (Å²) in [5.41, 5.74) is 7.09. The lowest BCUT2D eigenvalue weighted by Gasteiger charge is -2.25. The van der Waals surface area contributed by atoms with Gasteiger partial charge in [-0.25, -0.2) is 0 Å². The molecule has 1 aromatic heterocycles. The summed E-state index contributed by atoms with van der Waals surface area (Å²) in [5.74, 6) is 1.13. The van der Waals surface area contributed by atoms with Crippen molar-refractivity contribution in [1.82, 2.24) is 14.7 Å². The Kier molecular flexibility index (Phi) is 6.02. The van der Waals surface area contributed by atoms with Gasteiger partial charge in [-0.05, 0) is 27.2 Å². The van der Waals surface area contributed by atoms with Gasteiger partial charge in [-0.3, -0.25) is 9.58 Å². The van der Waals surface area contributed by atoms with E-state index in [1.54, 1.807) is 0 Å². The van der Waals surface area contributed by atoms with Crippen LogP contribution in [0, 0.1) is 0 Å². The van der Waals surface area contributed by atoms with Gasteiger partial charge >= 0.3 is 0 Å². The number of rotatable bonds is 7. The maximum Gasteiger partial charge on any atom is 0.0538 e. The van der Waals surface area contributed by atoms with Gasteiger partial charge in [-0.15, -0.1) is 0 Å². The van der Waals surface area contributed by atoms with Crippen molar-refractivity contribution < 1.29 is 0 Å². The second-order valence-corrected chi connectivity index (χ2v) is 5.56. The van der Waals surface area contributed by atoms with Gasteiger partial charge < -0.3 is 5.73 Å². The molecule has 0 aliphatic rings. The van der Waals surface area contributed by atoms with Crippen molar-refractivity contribution in [1.29, 1.82) is 0 Å². The molecule has 1 unspecified atom stereocenters. The minimum atomic E-state index is 0.273. The van der Waals surface area contributed by atoms with Crippen LogP contribution in [0.1, 0.15) is 31.5 Å². The minimum absolute atomic E-state index is 0.273. The second kappa shape index (κ2) is 7.03. The van der Waals surface area contributed by atoms with Gasteiger partial charge in [0.05, 0.1) is 6.20 Å². The lowest BCUT2D eigenvalue weighted by Crippen LogP contribution is -2.32. The summed E-state index contributed by atoms with van der Waals surface area (Å²) in [6.07, 6.45) is 6.17. The highest BCUT2D eigenvalue weighted by molar-refractivity contribution is 7.98. The normalized spacial score (nSPS) is 13.6. The molecule has 2 N–H and O–H groups in total. The Morgan fingerprint density at radius 2 is 2.24 bits per heavy atom. The number of nitrogens with zero attached hydrogens (tertiary/aromatic N) is 3. The summed E-state index contributed by atoms with van der Waals surface area (Å²) >= 11 is 1.86. The summed E-state index contributed by atoms with van der Waals surface area (Å²) in [6, 6.07) is 0.674. The van der Waals surface area contributed by atoms with Crippen LogP contribution in [0.2, 0.25) is 0 Å². The number of hydrogen-bond donors (Lipinski definition) is 1. The van der Waals surface area contributed by atoms with E-state index in [0.29, 0.717) is 12.6 Å². The van der Waals surface area contributed by atoms with E-state index < -0.39 is 0 Å². The standard InChI is InChI=1S/C12H24N4S/c1-10(2)16-9-11(8-14-16)12(7-13)15(3)5-6-17-4/h8-10,12H,5-7,13H2,1-4H3. The number of hydrogen-bond acceptors (Lipinski definition) is 4. The van der Waals surface area contributed by atoms with Crippen molar-refractivity contribution in [2.75, 3.05) is 32.1 Å². The van der Waals surface area contributed by atoms with Crippen LogP contribution in [0.5, 0.6) is 0 Å². The van der Waals surface area contributed by atoms with Crippen molar-refractivity contribution in [2.24, 2.45) is 5.73 Å². The number of aromatic nitrogens is 2. The van der Waals surface area contributed by atoms with Crippen LogP contribution in [0.15, 0.2) is 12.4 Å². The molecule has 0 radical (unpaired) electrons. The van der Waals surface area contributed by atoms with Crippen molar-refractivity contribution >= 4 is 11.8 Å². The quantitative estimate of drug-likeness (QED) is 0.807. The van der Waals surface area contributed by atoms with Gasteiger partial charge in [0.2, 0.25) is 0 Å². The molecule has 0 saturated heterocycles. The molecular weight excluding hydrogens is 232 g/mol. The molecule has 0 saturated carbocycles. The summed E-state index contributed by atoms with van der Waals surface area (Å²) in [5, 5.41) is 4.38. The maximum absolute atomic E-state index is 5.88. The highest BCUT2D eigenvalue weighted by Gasteiger charge is 2.17. The SMILES string of the molecule is CSCCN(C)C(CN)c1cnn(C(C)C)c1. The fourth-order valence-electron chi connectivity index (χ4n) is 1.77. The van der Waals surface area contributed by atoms with E-state index in [9.17, 15) is 0 Å². The van der Waals surface area contributed by atoms with Crippen LogP contribution in [-0.2, 0) is 0 Å². The van der Waals surface area contributed by atoms with E-state index in [0.717, 1.165) is 12.3 Å². The first-order valence-corrected chi connectivity index (χ1v) is 7.42. The van der Waals surface area contributed by atoms with Crippen LogP contribution in [0.3, 0.4) is 0 Å². The Hall–Kier alpha value is -0.520. The van der Waals surface area contributed by atoms with Gasteiger partial charge in [0, 0.05) is 42.7 Å². The number of nitrogens with two attached hydrogens (primary N) is 1. The largest absolute Gasteiger partial charge is 0.329 e. The van der Waals surface area contributed by atoms with Gasteiger partial charge in [0.15, 0.2) is 0 Å². The van der Waals surface area contributed by atoms with E-state index in [1.165, 1.54) is 5.56 Å². The molecule has 4 nitrogen and oxygen atoms in total. The summed E-state index contributed by atoms with van der Waals surface area (Å²) < 4.78 is 1.99. The molecule has 0 fully saturated rings. The maximum atomic E-state index is 5.88. The molecule has 1 atom stereocenters. The Morgan fingerprint density at radius 1 is 1.53 bits per heavy atom. The van der Waals surface area contributed by atoms with E-state index in [4.69, 9.17) is 5.73 Å². The molecule has 98 valence electrons. The molecule has 1 rings (SSSR count). The molecule has 0 amide bonds. The van der Waals surface area contributed by atoms with Crippen LogP contribution in [0.25, 0.3) is 0 Å². The first-order valence-electron chi connectivity index (χ1n) is 6.03. The molecule has 0 aromatic carbocycles. The van der Waals surface area contributed by atoms with Crippen LogP contribution >= 0.6 is 11.8 Å². The molecule has 1 heterocycles. The van der Waals surface area contributed by atoms with Gasteiger partial charge in [-0.2, -0.15) is 16.9 Å². The molecule has 0 spiro atoms. The average Bonchev–Trinajstić information content (AvgIpc) is 2.77. The number of likely N-dealkylation sites (N-methyl/N-ethyl adjacent to an activating group) is 1. The molecule has 0 aliphatic heterocycles. The van der Waals surface area contributed by atoms with E-state index in [1.807, 2.05) is 22.6 Å². The first-order chi connectivity index (χ1) is 8.10. The zero-order valence-electron chi connectivity index (χ0n) is 11.3. The Labute approximate surface area is 109 Å². The second-order valence-electron chi connectivity index (χ2n) is 4.57. The van der Waals surface area contributed by atoms with Gasteiger partial charge in [0.1, 0.15) is 0 Å². The smallest absolute Gasteiger partial charge is 0.0538 e. The van der Waals surface area contributed by atoms with E-state index in [2.05, 4.69) is 43.3 Å². The van der Waals surface area contributed by atoms with Crippen LogP contribution < -0.4 is 5.73 Å². The van der Waals surface area contributed by atoms with E-state index in [-0.39, 0.29) is 6.04 Å². The predicted molar refractivity (Wildman–Crippen MR) is 75.4 cm³/mol. The summed E-state index contributed by atoms with van der Waals surface area (Å²) in [7, 11) is 2.13. The number of thioether (sulfide) groups is 1. The van der Waals surface area contributed by atoms with E-state index >= 15 is 0 Å². The molecule has 5 heteroatoms. The fourth-order valence-corrected chi connectivity index (χ4v) is 2.24. The molecule has 17 heavy (non-hydrogen) atoms. The van der Waals surface area contributed by atoms with Crippen molar-refractivity contribution in [3.63, 3.8) is 0 Å². The lowest BCUT2D eigenvalue weighted by atomic mass is 10.1. The van der Waals surface area contributed by atoms with Crippen LogP contribution in [0.4, 0.5) is 0 Å². The van der Waals surface area contributed by atoms with Crippen molar-refractivity contribution in [3.8, 4) is 0 Å². The predicted octanol–water partition coefficient (Wildman–Crippen LogP) is 1.76. The Bertz CT molecular complexity index is 324. The van der Waals surface area contributed by atoms with Gasteiger partial charge in [-0.1, -0.05) is 0 Å². The van der Waals surface area contributed by atoms with Crippen LogP contribution in [-0.4, -0.2) is 46.8 Å². The topological polar surface area (TPSA) is 47.1 Å². The molecule has 0 aliphatic carbocycles. The third-order valence-electron chi connectivity index (χ3n) is 2.94. The highest BCUT2D eigenvalue weighted by Crippen LogP contribution is 2.19. The lowest BCUT2D eigenvalue weighted by molar-refractivity contribution is 0.265. The summed E-state index contributed by atoms with van der Waals surface area (Å²) in [4.78, 5) is 2.30. The monoisotopic (exact) mass is 256 g/mol. The first kappa shape index (κ1) is 14.5. The minimum Gasteiger partial charge on any atom is -0.329 e. The zero-order valence-corrected chi connectivity index (χ0v) is 12.1. The molecule has 0 bridgehead atoms. The molecule has 1 aromatic rings. The average molecular weight is 256 g/mol. The summed E-state index contributed by atoms with van der Waals surface area (Å²) in [6.45, 7) is 5.95. The third kappa shape index (κ3) is 4.01. The third-order valence-corrected chi connectivity index (χ3v) is 3.53. The van der Waals surface area contributed by atoms with Crippen molar-refractivity contribution in [2.45, 2.75) is 25.9 Å².